The quantitative estimate of drug-likeness (QED) is 0.110. The minimum Gasteiger partial charge on any atom is -0.392 e. The maximum absolute atomic E-state index is 13.6. The van der Waals surface area contributed by atoms with E-state index in [0.717, 1.165) is 46.5 Å². The Hall–Kier alpha value is -4.16. The van der Waals surface area contributed by atoms with Crippen LogP contribution in [0.4, 0.5) is 0 Å². The predicted molar refractivity (Wildman–Crippen MR) is 206 cm³/mol. The summed E-state index contributed by atoms with van der Waals surface area (Å²) in [4.78, 5) is 16.2. The second-order valence-electron chi connectivity index (χ2n) is 14.2. The molecule has 1 saturated heterocycles. The van der Waals surface area contributed by atoms with Gasteiger partial charge >= 0.3 is 0 Å². The molecule has 2 aliphatic rings. The van der Waals surface area contributed by atoms with Crippen molar-refractivity contribution in [1.29, 1.82) is 0 Å². The van der Waals surface area contributed by atoms with Gasteiger partial charge in [-0.15, -0.1) is 6.58 Å². The van der Waals surface area contributed by atoms with Gasteiger partial charge in [-0.3, -0.25) is 9.69 Å². The first-order chi connectivity index (χ1) is 25.7. The monoisotopic (exact) mass is 737 g/mol. The number of carbonyl (C=O) groups excluding carboxylic acids is 1. The summed E-state index contributed by atoms with van der Waals surface area (Å²) in [7, 11) is -3.95. The summed E-state index contributed by atoms with van der Waals surface area (Å²) in [6.07, 6.45) is 6.90. The number of carbonyl (C=O) groups is 1. The summed E-state index contributed by atoms with van der Waals surface area (Å²) in [6, 6.07) is 31.1. The van der Waals surface area contributed by atoms with E-state index in [2.05, 4.69) is 21.5 Å². The number of hydrogen-bond donors (Lipinski definition) is 3. The molecule has 53 heavy (non-hydrogen) atoms. The number of hydrogen-bond acceptors (Lipinski definition) is 7. The molecule has 4 aromatic rings. The first kappa shape index (κ1) is 38.6. The molecule has 280 valence electrons. The highest BCUT2D eigenvalue weighted by Crippen LogP contribution is 2.39. The van der Waals surface area contributed by atoms with Gasteiger partial charge in [0.2, 0.25) is 15.9 Å². The molecule has 4 atom stereocenters. The standard InChI is InChI=1S/C43H51N3O6S/c1-3-25-46(37-11-7-8-12-37)29-38-27-41(35-19-17-34(30-47)18-20-35)52-43(51-38)36-21-15-33(16-22-36)28-44-42(48)40(26-32-9-5-4-6-10-32)45-53(49,50)39-23-13-31(2)14-24-39/h3-6,9-10,13-24,37-38,40-41,43,45,47H,1,7-8,11-12,25-30H2,2H3,(H,44,48). The number of benzene rings is 4. The molecule has 1 aliphatic carbocycles. The number of rotatable bonds is 16. The molecule has 4 unspecified atom stereocenters. The maximum atomic E-state index is 13.6. The molecule has 1 heterocycles. The van der Waals surface area contributed by atoms with E-state index in [1.165, 1.54) is 25.7 Å². The van der Waals surface area contributed by atoms with Crippen molar-refractivity contribution in [3.63, 3.8) is 0 Å². The molecule has 3 N–H and O–H groups in total. The summed E-state index contributed by atoms with van der Waals surface area (Å²) >= 11 is 0. The number of aliphatic hydroxyl groups is 1. The Bertz CT molecular complexity index is 1880. The van der Waals surface area contributed by atoms with E-state index >= 15 is 0 Å². The Labute approximate surface area is 314 Å². The lowest BCUT2D eigenvalue weighted by atomic mass is 9.99. The first-order valence-electron chi connectivity index (χ1n) is 18.6. The highest BCUT2D eigenvalue weighted by molar-refractivity contribution is 7.89. The van der Waals surface area contributed by atoms with Gasteiger partial charge in [-0.05, 0) is 60.6 Å². The Morgan fingerprint density at radius 1 is 0.887 bits per heavy atom. The zero-order chi connectivity index (χ0) is 37.2. The summed E-state index contributed by atoms with van der Waals surface area (Å²) in [5.74, 6) is -0.420. The van der Waals surface area contributed by atoms with Gasteiger partial charge in [0.15, 0.2) is 6.29 Å². The van der Waals surface area contributed by atoms with E-state index in [-0.39, 0.29) is 36.7 Å². The van der Waals surface area contributed by atoms with Gasteiger partial charge in [-0.1, -0.05) is 115 Å². The number of aliphatic hydroxyl groups excluding tert-OH is 1. The van der Waals surface area contributed by atoms with Crippen LogP contribution >= 0.6 is 0 Å². The van der Waals surface area contributed by atoms with E-state index in [0.29, 0.717) is 12.5 Å². The van der Waals surface area contributed by atoms with E-state index < -0.39 is 28.3 Å². The van der Waals surface area contributed by atoms with E-state index in [4.69, 9.17) is 9.47 Å². The van der Waals surface area contributed by atoms with Crippen molar-refractivity contribution in [1.82, 2.24) is 14.9 Å². The Morgan fingerprint density at radius 3 is 2.21 bits per heavy atom. The molecule has 0 radical (unpaired) electrons. The Morgan fingerprint density at radius 2 is 1.55 bits per heavy atom. The molecule has 0 aromatic heterocycles. The molecule has 10 heteroatoms. The van der Waals surface area contributed by atoms with Gasteiger partial charge in [0.1, 0.15) is 6.04 Å². The molecule has 2 fully saturated rings. The topological polar surface area (TPSA) is 117 Å². The molecule has 0 spiro atoms. The van der Waals surface area contributed by atoms with E-state index in [9.17, 15) is 18.3 Å². The average Bonchev–Trinajstić information content (AvgIpc) is 3.73. The second-order valence-corrected chi connectivity index (χ2v) is 15.9. The lowest BCUT2D eigenvalue weighted by Crippen LogP contribution is -2.47. The largest absolute Gasteiger partial charge is 0.392 e. The van der Waals surface area contributed by atoms with Gasteiger partial charge in [0.05, 0.1) is 23.7 Å². The number of sulfonamides is 1. The van der Waals surface area contributed by atoms with Crippen LogP contribution in [0, 0.1) is 6.92 Å². The van der Waals surface area contributed by atoms with Crippen LogP contribution in [0.2, 0.25) is 0 Å². The molecule has 6 rings (SSSR count). The second kappa shape index (κ2) is 18.2. The fourth-order valence-electron chi connectivity index (χ4n) is 7.22. The normalized spacial score (nSPS) is 19.9. The van der Waals surface area contributed by atoms with E-state index in [1.807, 2.05) is 91.9 Å². The van der Waals surface area contributed by atoms with Crippen LogP contribution in [0.25, 0.3) is 0 Å². The smallest absolute Gasteiger partial charge is 0.241 e. The van der Waals surface area contributed by atoms with Crippen LogP contribution < -0.4 is 10.0 Å². The van der Waals surface area contributed by atoms with Gasteiger partial charge in [0, 0.05) is 37.7 Å². The number of nitrogens with zero attached hydrogens (tertiary/aromatic N) is 1. The van der Waals surface area contributed by atoms with Crippen LogP contribution in [0.3, 0.4) is 0 Å². The van der Waals surface area contributed by atoms with Crippen molar-refractivity contribution in [3.05, 3.63) is 149 Å². The van der Waals surface area contributed by atoms with Crippen LogP contribution in [0.15, 0.2) is 121 Å². The number of ether oxygens (including phenoxy) is 2. The highest BCUT2D eigenvalue weighted by Gasteiger charge is 2.35. The fraction of sp³-hybridized carbons (Fsp3) is 0.372. The SMILES string of the molecule is C=CCN(CC1CC(c2ccc(CO)cc2)OC(c2ccc(CNC(=O)C(Cc3ccccc3)NS(=O)(=O)c3ccc(C)cc3)cc2)O1)C1CCCC1. The molecule has 1 amide bonds. The van der Waals surface area contributed by atoms with Crippen molar-refractivity contribution in [2.75, 3.05) is 13.1 Å². The maximum Gasteiger partial charge on any atom is 0.241 e. The van der Waals surface area contributed by atoms with Crippen LogP contribution in [-0.2, 0) is 43.9 Å². The third-order valence-corrected chi connectivity index (χ3v) is 11.7. The molecule has 9 nitrogen and oxygen atoms in total. The van der Waals surface area contributed by atoms with Crippen molar-refractivity contribution in [3.8, 4) is 0 Å². The summed E-state index contributed by atoms with van der Waals surface area (Å²) < 4.78 is 42.5. The van der Waals surface area contributed by atoms with Crippen LogP contribution in [0.5, 0.6) is 0 Å². The Kier molecular flexibility index (Phi) is 13.3. The highest BCUT2D eigenvalue weighted by atomic mass is 32.2. The van der Waals surface area contributed by atoms with Crippen molar-refractivity contribution in [2.24, 2.45) is 0 Å². The number of nitrogens with one attached hydrogen (secondary N) is 2. The summed E-state index contributed by atoms with van der Waals surface area (Å²) in [5.41, 5.74) is 5.39. The van der Waals surface area contributed by atoms with Crippen molar-refractivity contribution >= 4 is 15.9 Å². The molecule has 4 aromatic carbocycles. The molecule has 1 saturated carbocycles. The molecule has 0 bridgehead atoms. The number of amides is 1. The van der Waals surface area contributed by atoms with Gasteiger partial charge in [-0.2, -0.15) is 4.72 Å². The third kappa shape index (κ3) is 10.5. The van der Waals surface area contributed by atoms with Crippen molar-refractivity contribution < 1.29 is 27.8 Å². The fourth-order valence-corrected chi connectivity index (χ4v) is 8.41. The minimum atomic E-state index is -3.95. The summed E-state index contributed by atoms with van der Waals surface area (Å²) in [6.45, 7) is 7.70. The van der Waals surface area contributed by atoms with Crippen LogP contribution in [-0.4, -0.2) is 55.6 Å². The average molecular weight is 738 g/mol. The summed E-state index contributed by atoms with van der Waals surface area (Å²) in [5, 5.41) is 12.5. The molecular formula is C43H51N3O6S. The van der Waals surface area contributed by atoms with E-state index in [1.54, 1.807) is 24.3 Å². The lowest BCUT2D eigenvalue weighted by molar-refractivity contribution is -0.253. The lowest BCUT2D eigenvalue weighted by Gasteiger charge is -2.39. The molecular weight excluding hydrogens is 687 g/mol. The number of aryl methyl sites for hydroxylation is 1. The van der Waals surface area contributed by atoms with Gasteiger partial charge < -0.3 is 19.9 Å². The van der Waals surface area contributed by atoms with Crippen LogP contribution in [0.1, 0.15) is 77.9 Å². The zero-order valence-electron chi connectivity index (χ0n) is 30.4. The molecule has 1 aliphatic heterocycles. The van der Waals surface area contributed by atoms with Gasteiger partial charge in [-0.25, -0.2) is 8.42 Å². The minimum absolute atomic E-state index is 0.0123. The third-order valence-electron chi connectivity index (χ3n) is 10.2. The Balaban J connectivity index is 1.14. The zero-order valence-corrected chi connectivity index (χ0v) is 31.2. The predicted octanol–water partition coefficient (Wildman–Crippen LogP) is 6.67. The first-order valence-corrected chi connectivity index (χ1v) is 20.0. The van der Waals surface area contributed by atoms with Crippen molar-refractivity contribution in [2.45, 2.75) is 94.1 Å². The van der Waals surface area contributed by atoms with Gasteiger partial charge in [0.25, 0.3) is 0 Å².